The fraction of sp³-hybridized carbons (Fsp3) is 0.588. The predicted octanol–water partition coefficient (Wildman–Crippen LogP) is 2.67. The Balaban J connectivity index is 2.03. The summed E-state index contributed by atoms with van der Waals surface area (Å²) < 4.78 is 5.45. The Kier molecular flexibility index (Phi) is 5.23. The van der Waals surface area contributed by atoms with Crippen molar-refractivity contribution in [2.75, 3.05) is 20.2 Å². The molecule has 1 aromatic carbocycles. The summed E-state index contributed by atoms with van der Waals surface area (Å²) in [5.41, 5.74) is 2.26. The van der Waals surface area contributed by atoms with Gasteiger partial charge in [-0.1, -0.05) is 12.1 Å². The van der Waals surface area contributed by atoms with Crippen molar-refractivity contribution < 1.29 is 9.53 Å². The maximum atomic E-state index is 12.4. The number of hydrogen-bond acceptors (Lipinski definition) is 3. The Morgan fingerprint density at radius 1 is 1.29 bits per heavy atom. The van der Waals surface area contributed by atoms with E-state index in [1.54, 1.807) is 7.11 Å². The first-order valence-corrected chi connectivity index (χ1v) is 7.72. The van der Waals surface area contributed by atoms with E-state index in [9.17, 15) is 4.79 Å². The van der Waals surface area contributed by atoms with E-state index in [-0.39, 0.29) is 18.0 Å². The van der Waals surface area contributed by atoms with Crippen molar-refractivity contribution in [2.45, 2.75) is 45.7 Å². The van der Waals surface area contributed by atoms with Gasteiger partial charge in [-0.2, -0.15) is 0 Å². The number of ether oxygens (including phenoxy) is 1. The molecule has 116 valence electrons. The second-order valence-corrected chi connectivity index (χ2v) is 5.89. The molecule has 2 rings (SSSR count). The van der Waals surface area contributed by atoms with Gasteiger partial charge in [0.25, 0.3) is 0 Å². The second-order valence-electron chi connectivity index (χ2n) is 5.89. The maximum absolute atomic E-state index is 12.4. The van der Waals surface area contributed by atoms with E-state index in [4.69, 9.17) is 4.74 Å². The first-order chi connectivity index (χ1) is 10.0. The molecule has 1 saturated heterocycles. The van der Waals surface area contributed by atoms with E-state index in [1.807, 2.05) is 24.8 Å². The van der Waals surface area contributed by atoms with Crippen LogP contribution in [-0.2, 0) is 4.79 Å². The largest absolute Gasteiger partial charge is 0.496 e. The first-order valence-electron chi connectivity index (χ1n) is 7.72. The molecule has 1 fully saturated rings. The van der Waals surface area contributed by atoms with Gasteiger partial charge in [0.05, 0.1) is 13.2 Å². The highest BCUT2D eigenvalue weighted by molar-refractivity contribution is 5.81. The number of nitrogens with zero attached hydrogens (tertiary/aromatic N) is 1. The lowest BCUT2D eigenvalue weighted by atomic mass is 10.0. The molecule has 1 heterocycles. The number of likely N-dealkylation sites (tertiary alicyclic amines) is 1. The summed E-state index contributed by atoms with van der Waals surface area (Å²) in [6.45, 7) is 7.85. The SMILES string of the molecule is COc1cc(C)ccc1C(C)NC(C)C(=O)N1CCCC1. The molecule has 0 saturated carbocycles. The average Bonchev–Trinajstić information content (AvgIpc) is 3.00. The molecular formula is C17H26N2O2. The minimum absolute atomic E-state index is 0.0714. The third-order valence-electron chi connectivity index (χ3n) is 4.14. The highest BCUT2D eigenvalue weighted by Crippen LogP contribution is 2.26. The Hall–Kier alpha value is -1.55. The van der Waals surface area contributed by atoms with E-state index in [0.29, 0.717) is 0 Å². The summed E-state index contributed by atoms with van der Waals surface area (Å²) in [4.78, 5) is 14.3. The summed E-state index contributed by atoms with van der Waals surface area (Å²) >= 11 is 0. The Bertz CT molecular complexity index is 496. The highest BCUT2D eigenvalue weighted by atomic mass is 16.5. The standard InChI is InChI=1S/C17H26N2O2/c1-12-7-8-15(16(11-12)21-4)13(2)18-14(3)17(20)19-9-5-6-10-19/h7-8,11,13-14,18H,5-6,9-10H2,1-4H3. The average molecular weight is 290 g/mol. The summed E-state index contributed by atoms with van der Waals surface area (Å²) in [5.74, 6) is 1.07. The van der Waals surface area contributed by atoms with Crippen LogP contribution >= 0.6 is 0 Å². The van der Waals surface area contributed by atoms with Gasteiger partial charge in [-0.15, -0.1) is 0 Å². The smallest absolute Gasteiger partial charge is 0.239 e. The summed E-state index contributed by atoms with van der Waals surface area (Å²) in [6, 6.07) is 6.06. The summed E-state index contributed by atoms with van der Waals surface area (Å²) in [7, 11) is 1.68. The molecule has 0 aromatic heterocycles. The first kappa shape index (κ1) is 15.8. The maximum Gasteiger partial charge on any atom is 0.239 e. The monoisotopic (exact) mass is 290 g/mol. The van der Waals surface area contributed by atoms with Crippen LogP contribution in [0.2, 0.25) is 0 Å². The van der Waals surface area contributed by atoms with Gasteiger partial charge >= 0.3 is 0 Å². The van der Waals surface area contributed by atoms with Crippen LogP contribution in [0.4, 0.5) is 0 Å². The van der Waals surface area contributed by atoms with Crippen molar-refractivity contribution in [1.29, 1.82) is 0 Å². The van der Waals surface area contributed by atoms with Gasteiger partial charge in [0.2, 0.25) is 5.91 Å². The van der Waals surface area contributed by atoms with Gasteiger partial charge < -0.3 is 9.64 Å². The molecule has 0 bridgehead atoms. The molecule has 21 heavy (non-hydrogen) atoms. The Labute approximate surface area is 127 Å². The lowest BCUT2D eigenvalue weighted by Gasteiger charge is -2.25. The van der Waals surface area contributed by atoms with Crippen LogP contribution in [0.3, 0.4) is 0 Å². The molecule has 4 heteroatoms. The van der Waals surface area contributed by atoms with E-state index in [0.717, 1.165) is 37.2 Å². The van der Waals surface area contributed by atoms with Crippen molar-refractivity contribution in [1.82, 2.24) is 10.2 Å². The molecule has 2 atom stereocenters. The number of methoxy groups -OCH3 is 1. The fourth-order valence-electron chi connectivity index (χ4n) is 2.92. The number of benzene rings is 1. The zero-order chi connectivity index (χ0) is 15.4. The third kappa shape index (κ3) is 3.76. The van der Waals surface area contributed by atoms with Crippen LogP contribution in [0.5, 0.6) is 5.75 Å². The van der Waals surface area contributed by atoms with Crippen LogP contribution in [0.25, 0.3) is 0 Å². The second kappa shape index (κ2) is 6.94. The number of hydrogen-bond donors (Lipinski definition) is 1. The number of aryl methyl sites for hydroxylation is 1. The van der Waals surface area contributed by atoms with Gasteiger partial charge in [-0.05, 0) is 45.2 Å². The number of nitrogens with one attached hydrogen (secondary N) is 1. The number of amides is 1. The van der Waals surface area contributed by atoms with Gasteiger partial charge in [0.15, 0.2) is 0 Å². The minimum Gasteiger partial charge on any atom is -0.496 e. The molecule has 1 N–H and O–H groups in total. The van der Waals surface area contributed by atoms with Gasteiger partial charge in [-0.3, -0.25) is 10.1 Å². The Morgan fingerprint density at radius 3 is 2.57 bits per heavy atom. The highest BCUT2D eigenvalue weighted by Gasteiger charge is 2.25. The molecule has 0 spiro atoms. The molecule has 0 radical (unpaired) electrons. The number of carbonyl (C=O) groups excluding carboxylic acids is 1. The molecular weight excluding hydrogens is 264 g/mol. The zero-order valence-corrected chi connectivity index (χ0v) is 13.5. The minimum atomic E-state index is -0.177. The van der Waals surface area contributed by atoms with Crippen molar-refractivity contribution in [2.24, 2.45) is 0 Å². The fourth-order valence-corrected chi connectivity index (χ4v) is 2.92. The molecule has 2 unspecified atom stereocenters. The lowest BCUT2D eigenvalue weighted by molar-refractivity contribution is -0.132. The van der Waals surface area contributed by atoms with Crippen LogP contribution in [0.1, 0.15) is 43.9 Å². The van der Waals surface area contributed by atoms with E-state index >= 15 is 0 Å². The van der Waals surface area contributed by atoms with Crippen LogP contribution in [-0.4, -0.2) is 37.0 Å². The molecule has 0 aliphatic carbocycles. The van der Waals surface area contributed by atoms with Crippen LogP contribution in [0.15, 0.2) is 18.2 Å². The topological polar surface area (TPSA) is 41.6 Å². The van der Waals surface area contributed by atoms with Crippen molar-refractivity contribution >= 4 is 5.91 Å². The van der Waals surface area contributed by atoms with Gasteiger partial charge in [-0.25, -0.2) is 0 Å². The van der Waals surface area contributed by atoms with E-state index in [1.165, 1.54) is 5.56 Å². The molecule has 4 nitrogen and oxygen atoms in total. The van der Waals surface area contributed by atoms with Gasteiger partial charge in [0.1, 0.15) is 5.75 Å². The molecule has 1 amide bonds. The summed E-state index contributed by atoms with van der Waals surface area (Å²) in [5, 5.41) is 3.40. The van der Waals surface area contributed by atoms with Crippen LogP contribution < -0.4 is 10.1 Å². The van der Waals surface area contributed by atoms with Gasteiger partial charge in [0, 0.05) is 24.7 Å². The number of rotatable bonds is 5. The van der Waals surface area contributed by atoms with Crippen molar-refractivity contribution in [3.05, 3.63) is 29.3 Å². The Morgan fingerprint density at radius 2 is 1.95 bits per heavy atom. The summed E-state index contributed by atoms with van der Waals surface area (Å²) in [6.07, 6.45) is 2.25. The van der Waals surface area contributed by atoms with Crippen molar-refractivity contribution in [3.8, 4) is 5.75 Å². The normalized spacial score (nSPS) is 17.6. The molecule has 1 aliphatic rings. The molecule has 1 aliphatic heterocycles. The van der Waals surface area contributed by atoms with Crippen LogP contribution in [0, 0.1) is 6.92 Å². The van der Waals surface area contributed by atoms with E-state index in [2.05, 4.69) is 24.4 Å². The quantitative estimate of drug-likeness (QED) is 0.906. The van der Waals surface area contributed by atoms with Crippen molar-refractivity contribution in [3.63, 3.8) is 0 Å². The lowest BCUT2D eigenvalue weighted by Crippen LogP contribution is -2.44. The molecule has 1 aromatic rings. The predicted molar refractivity (Wildman–Crippen MR) is 84.6 cm³/mol. The van der Waals surface area contributed by atoms with E-state index < -0.39 is 0 Å². The third-order valence-corrected chi connectivity index (χ3v) is 4.14. The number of carbonyl (C=O) groups is 1. The zero-order valence-electron chi connectivity index (χ0n) is 13.5.